The zero-order chi connectivity index (χ0) is 19.4. The van der Waals surface area contributed by atoms with Crippen molar-refractivity contribution in [3.05, 3.63) is 80.7 Å². The maximum atomic E-state index is 13.1. The van der Waals surface area contributed by atoms with Crippen molar-refractivity contribution in [2.45, 2.75) is 39.7 Å². The lowest BCUT2D eigenvalue weighted by atomic mass is 10.00. The molecule has 5 heteroatoms. The zero-order valence-electron chi connectivity index (χ0n) is 15.6. The molecule has 0 aliphatic heterocycles. The first-order chi connectivity index (χ1) is 13.0. The molecule has 3 rings (SSSR count). The lowest BCUT2D eigenvalue weighted by molar-refractivity contribution is 0.448. The van der Waals surface area contributed by atoms with Gasteiger partial charge in [-0.15, -0.1) is 0 Å². The standard InChI is InChI=1S/C22H23ClN2O2/c1-3-6-19-21(26)20(18-8-5-4-7-15(18)2)22(27)25(24-19)14-13-16-9-11-17(23)12-10-16/h4-5,7-12,26H,3,6,13-14H2,1-2H3. The van der Waals surface area contributed by atoms with E-state index in [0.717, 1.165) is 23.1 Å². The first kappa shape index (κ1) is 19.2. The summed E-state index contributed by atoms with van der Waals surface area (Å²) in [5.74, 6) is -0.00103. The van der Waals surface area contributed by atoms with E-state index in [1.165, 1.54) is 4.68 Å². The van der Waals surface area contributed by atoms with Crippen LogP contribution in [0.3, 0.4) is 0 Å². The highest BCUT2D eigenvalue weighted by Crippen LogP contribution is 2.30. The van der Waals surface area contributed by atoms with E-state index in [9.17, 15) is 9.90 Å². The van der Waals surface area contributed by atoms with Crippen molar-refractivity contribution in [1.82, 2.24) is 9.78 Å². The zero-order valence-corrected chi connectivity index (χ0v) is 16.3. The molecule has 0 amide bonds. The first-order valence-electron chi connectivity index (χ1n) is 9.14. The number of aromatic hydroxyl groups is 1. The number of hydrogen-bond acceptors (Lipinski definition) is 3. The predicted molar refractivity (Wildman–Crippen MR) is 109 cm³/mol. The summed E-state index contributed by atoms with van der Waals surface area (Å²) < 4.78 is 1.47. The third-order valence-corrected chi connectivity index (χ3v) is 4.88. The molecule has 1 N–H and O–H groups in total. The number of halogens is 1. The van der Waals surface area contributed by atoms with E-state index in [1.54, 1.807) is 0 Å². The van der Waals surface area contributed by atoms with Crippen LogP contribution in [0.1, 0.15) is 30.2 Å². The number of hydrogen-bond donors (Lipinski definition) is 1. The molecule has 0 unspecified atom stereocenters. The molecule has 0 saturated heterocycles. The maximum Gasteiger partial charge on any atom is 0.278 e. The van der Waals surface area contributed by atoms with Crippen molar-refractivity contribution >= 4 is 11.6 Å². The highest BCUT2D eigenvalue weighted by molar-refractivity contribution is 6.30. The van der Waals surface area contributed by atoms with Crippen molar-refractivity contribution in [3.63, 3.8) is 0 Å². The van der Waals surface area contributed by atoms with Gasteiger partial charge in [0.25, 0.3) is 5.56 Å². The van der Waals surface area contributed by atoms with Crippen LogP contribution in [0.4, 0.5) is 0 Å². The van der Waals surface area contributed by atoms with Crippen LogP contribution in [0.25, 0.3) is 11.1 Å². The largest absolute Gasteiger partial charge is 0.505 e. The second-order valence-corrected chi connectivity index (χ2v) is 7.08. The Morgan fingerprint density at radius 2 is 1.78 bits per heavy atom. The van der Waals surface area contributed by atoms with E-state index in [4.69, 9.17) is 11.6 Å². The van der Waals surface area contributed by atoms with Gasteiger partial charge in [-0.05, 0) is 48.6 Å². The Hall–Kier alpha value is -2.59. The summed E-state index contributed by atoms with van der Waals surface area (Å²) in [7, 11) is 0. The molecule has 140 valence electrons. The molecular weight excluding hydrogens is 360 g/mol. The van der Waals surface area contributed by atoms with Crippen LogP contribution in [-0.2, 0) is 19.4 Å². The van der Waals surface area contributed by atoms with Gasteiger partial charge >= 0.3 is 0 Å². The molecule has 0 fully saturated rings. The van der Waals surface area contributed by atoms with Gasteiger partial charge in [0.2, 0.25) is 0 Å². The van der Waals surface area contributed by atoms with Crippen molar-refractivity contribution in [2.24, 2.45) is 0 Å². The average Bonchev–Trinajstić information content (AvgIpc) is 2.66. The molecule has 1 aromatic heterocycles. The highest BCUT2D eigenvalue weighted by atomic mass is 35.5. The van der Waals surface area contributed by atoms with Crippen LogP contribution in [-0.4, -0.2) is 14.9 Å². The van der Waals surface area contributed by atoms with Crippen LogP contribution < -0.4 is 5.56 Å². The normalized spacial score (nSPS) is 10.9. The van der Waals surface area contributed by atoms with Crippen molar-refractivity contribution in [2.75, 3.05) is 0 Å². The minimum atomic E-state index is -0.268. The second-order valence-electron chi connectivity index (χ2n) is 6.64. The molecule has 0 aliphatic carbocycles. The number of benzene rings is 2. The molecular formula is C22H23ClN2O2. The first-order valence-corrected chi connectivity index (χ1v) is 9.52. The Bertz CT molecular complexity index is 994. The number of aromatic nitrogens is 2. The summed E-state index contributed by atoms with van der Waals surface area (Å²) in [6, 6.07) is 15.2. The van der Waals surface area contributed by atoms with Crippen LogP contribution in [0, 0.1) is 6.92 Å². The van der Waals surface area contributed by atoms with Gasteiger partial charge in [-0.3, -0.25) is 4.79 Å². The Labute approximate surface area is 164 Å². The smallest absolute Gasteiger partial charge is 0.278 e. The van der Waals surface area contributed by atoms with Crippen molar-refractivity contribution < 1.29 is 5.11 Å². The SMILES string of the molecule is CCCc1nn(CCc2ccc(Cl)cc2)c(=O)c(-c2ccccc2C)c1O. The molecule has 4 nitrogen and oxygen atoms in total. The van der Waals surface area contributed by atoms with E-state index in [2.05, 4.69) is 5.10 Å². The third kappa shape index (κ3) is 4.22. The molecule has 0 bridgehead atoms. The summed E-state index contributed by atoms with van der Waals surface area (Å²) in [6.45, 7) is 4.40. The van der Waals surface area contributed by atoms with Gasteiger partial charge in [0.15, 0.2) is 5.75 Å². The van der Waals surface area contributed by atoms with Gasteiger partial charge < -0.3 is 5.11 Å². The summed E-state index contributed by atoms with van der Waals surface area (Å²) >= 11 is 5.94. The Kier molecular flexibility index (Phi) is 5.97. The molecule has 0 aliphatic rings. The third-order valence-electron chi connectivity index (χ3n) is 4.63. The Morgan fingerprint density at radius 1 is 1.07 bits per heavy atom. The fourth-order valence-corrected chi connectivity index (χ4v) is 3.28. The lowest BCUT2D eigenvalue weighted by Gasteiger charge is -2.14. The van der Waals surface area contributed by atoms with Crippen LogP contribution >= 0.6 is 11.6 Å². The lowest BCUT2D eigenvalue weighted by Crippen LogP contribution is -2.27. The van der Waals surface area contributed by atoms with Gasteiger partial charge in [0.1, 0.15) is 5.69 Å². The number of aryl methyl sites for hydroxylation is 4. The minimum Gasteiger partial charge on any atom is -0.505 e. The van der Waals surface area contributed by atoms with Gasteiger partial charge in [0.05, 0.1) is 5.56 Å². The van der Waals surface area contributed by atoms with E-state index in [1.807, 2.05) is 62.4 Å². The van der Waals surface area contributed by atoms with Gasteiger partial charge in [0, 0.05) is 11.6 Å². The minimum absolute atomic E-state index is 0.00103. The van der Waals surface area contributed by atoms with Gasteiger partial charge in [-0.2, -0.15) is 5.10 Å². The predicted octanol–water partition coefficient (Wildman–Crippen LogP) is 4.77. The summed E-state index contributed by atoms with van der Waals surface area (Å²) in [6.07, 6.45) is 2.11. The van der Waals surface area contributed by atoms with E-state index < -0.39 is 0 Å². The second kappa shape index (κ2) is 8.40. The molecule has 0 spiro atoms. The summed E-state index contributed by atoms with van der Waals surface area (Å²) in [5, 5.41) is 15.9. The van der Waals surface area contributed by atoms with E-state index in [0.29, 0.717) is 35.7 Å². The molecule has 3 aromatic rings. The van der Waals surface area contributed by atoms with Crippen LogP contribution in [0.15, 0.2) is 53.3 Å². The van der Waals surface area contributed by atoms with Crippen LogP contribution in [0.2, 0.25) is 5.02 Å². The van der Waals surface area contributed by atoms with E-state index >= 15 is 0 Å². The molecule has 0 atom stereocenters. The molecule has 1 heterocycles. The number of rotatable bonds is 6. The molecule has 27 heavy (non-hydrogen) atoms. The van der Waals surface area contributed by atoms with Crippen molar-refractivity contribution in [3.8, 4) is 16.9 Å². The molecule has 0 radical (unpaired) electrons. The van der Waals surface area contributed by atoms with Gasteiger partial charge in [-0.1, -0.05) is 61.3 Å². The highest BCUT2D eigenvalue weighted by Gasteiger charge is 2.19. The van der Waals surface area contributed by atoms with E-state index in [-0.39, 0.29) is 11.3 Å². The summed E-state index contributed by atoms with van der Waals surface area (Å²) in [5.41, 5.74) is 3.41. The quantitative estimate of drug-likeness (QED) is 0.667. The van der Waals surface area contributed by atoms with Crippen LogP contribution in [0.5, 0.6) is 5.75 Å². The molecule has 2 aromatic carbocycles. The fourth-order valence-electron chi connectivity index (χ4n) is 3.15. The number of nitrogens with zero attached hydrogens (tertiary/aromatic N) is 2. The Balaban J connectivity index is 2.04. The summed E-state index contributed by atoms with van der Waals surface area (Å²) in [4.78, 5) is 13.1. The average molecular weight is 383 g/mol. The molecule has 0 saturated carbocycles. The Morgan fingerprint density at radius 3 is 2.44 bits per heavy atom. The fraction of sp³-hybridized carbons (Fsp3) is 0.273. The maximum absolute atomic E-state index is 13.1. The van der Waals surface area contributed by atoms with Crippen molar-refractivity contribution in [1.29, 1.82) is 0 Å². The topological polar surface area (TPSA) is 55.1 Å². The van der Waals surface area contributed by atoms with Gasteiger partial charge in [-0.25, -0.2) is 4.68 Å². The monoisotopic (exact) mass is 382 g/mol.